The van der Waals surface area contributed by atoms with E-state index in [0.717, 1.165) is 18.5 Å². The third-order valence-electron chi connectivity index (χ3n) is 3.32. The lowest BCUT2D eigenvalue weighted by molar-refractivity contribution is 0.346. The Morgan fingerprint density at radius 1 is 1.43 bits per heavy atom. The smallest absolute Gasteiger partial charge is 0.00982 e. The van der Waals surface area contributed by atoms with Crippen molar-refractivity contribution in [3.63, 3.8) is 0 Å². The van der Waals surface area contributed by atoms with Gasteiger partial charge in [-0.15, -0.1) is 6.58 Å². The minimum absolute atomic E-state index is 0.749. The van der Waals surface area contributed by atoms with E-state index in [-0.39, 0.29) is 0 Å². The lowest BCUT2D eigenvalue weighted by Crippen LogP contribution is -2.35. The van der Waals surface area contributed by atoms with E-state index in [1.54, 1.807) is 0 Å². The summed E-state index contributed by atoms with van der Waals surface area (Å²) in [5.74, 6) is 0.939. The summed E-state index contributed by atoms with van der Waals surface area (Å²) in [4.78, 5) is 0. The van der Waals surface area contributed by atoms with Crippen molar-refractivity contribution in [3.05, 3.63) is 12.2 Å². The maximum Gasteiger partial charge on any atom is 0.00982 e. The first kappa shape index (κ1) is 11.8. The van der Waals surface area contributed by atoms with E-state index in [9.17, 15) is 0 Å². The first-order valence-corrected chi connectivity index (χ1v) is 6.11. The van der Waals surface area contributed by atoms with Crippen molar-refractivity contribution in [1.82, 2.24) is 5.32 Å². The molecule has 1 fully saturated rings. The Balaban J connectivity index is 2.33. The molecule has 82 valence electrons. The Kier molecular flexibility index (Phi) is 5.24. The topological polar surface area (TPSA) is 12.0 Å². The van der Waals surface area contributed by atoms with Crippen LogP contribution in [0.2, 0.25) is 0 Å². The maximum absolute atomic E-state index is 3.99. The molecule has 1 rings (SSSR count). The molecular weight excluding hydrogens is 170 g/mol. The van der Waals surface area contributed by atoms with Crippen LogP contribution in [0.3, 0.4) is 0 Å². The minimum atomic E-state index is 0.749. The van der Waals surface area contributed by atoms with Gasteiger partial charge in [0.05, 0.1) is 0 Å². The second-order valence-electron chi connectivity index (χ2n) is 4.70. The van der Waals surface area contributed by atoms with Crippen molar-refractivity contribution in [2.24, 2.45) is 5.92 Å². The van der Waals surface area contributed by atoms with E-state index in [2.05, 4.69) is 25.7 Å². The van der Waals surface area contributed by atoms with Gasteiger partial charge in [-0.2, -0.15) is 0 Å². The van der Waals surface area contributed by atoms with Gasteiger partial charge >= 0.3 is 0 Å². The number of hydrogen-bond acceptors (Lipinski definition) is 1. The van der Waals surface area contributed by atoms with Crippen LogP contribution in [-0.2, 0) is 0 Å². The molecule has 1 saturated carbocycles. The van der Waals surface area contributed by atoms with Crippen molar-refractivity contribution in [2.45, 2.75) is 58.4 Å². The monoisotopic (exact) mass is 195 g/mol. The first-order chi connectivity index (χ1) is 6.74. The van der Waals surface area contributed by atoms with Crippen molar-refractivity contribution < 1.29 is 0 Å². The van der Waals surface area contributed by atoms with Crippen LogP contribution < -0.4 is 5.32 Å². The lowest BCUT2D eigenvalue weighted by Gasteiger charge is -2.24. The van der Waals surface area contributed by atoms with Gasteiger partial charge in [0.25, 0.3) is 0 Å². The van der Waals surface area contributed by atoms with Crippen molar-refractivity contribution in [1.29, 1.82) is 0 Å². The highest BCUT2D eigenvalue weighted by Gasteiger charge is 2.23. The van der Waals surface area contributed by atoms with Gasteiger partial charge in [-0.3, -0.25) is 0 Å². The maximum atomic E-state index is 3.99. The molecule has 1 unspecified atom stereocenters. The van der Waals surface area contributed by atoms with Gasteiger partial charge < -0.3 is 5.32 Å². The Morgan fingerprint density at radius 2 is 2.07 bits per heavy atom. The summed E-state index contributed by atoms with van der Waals surface area (Å²) in [5.41, 5.74) is 1.32. The number of rotatable bonds is 6. The molecule has 1 aliphatic carbocycles. The predicted molar refractivity (Wildman–Crippen MR) is 63.5 cm³/mol. The molecule has 1 nitrogen and oxygen atoms in total. The molecule has 0 radical (unpaired) electrons. The largest absolute Gasteiger partial charge is 0.314 e. The van der Waals surface area contributed by atoms with Crippen molar-refractivity contribution in [3.8, 4) is 0 Å². The van der Waals surface area contributed by atoms with Gasteiger partial charge in [0.2, 0.25) is 0 Å². The molecule has 0 aromatic heterocycles. The van der Waals surface area contributed by atoms with Gasteiger partial charge in [0, 0.05) is 6.04 Å². The van der Waals surface area contributed by atoms with E-state index in [4.69, 9.17) is 0 Å². The van der Waals surface area contributed by atoms with Gasteiger partial charge in [0.1, 0.15) is 0 Å². The highest BCUT2D eigenvalue weighted by molar-refractivity contribution is 4.91. The Bertz CT molecular complexity index is 168. The van der Waals surface area contributed by atoms with E-state index in [0.29, 0.717) is 0 Å². The van der Waals surface area contributed by atoms with Gasteiger partial charge in [-0.25, -0.2) is 0 Å². The van der Waals surface area contributed by atoms with E-state index >= 15 is 0 Å². The summed E-state index contributed by atoms with van der Waals surface area (Å²) in [6.07, 6.45) is 8.24. The van der Waals surface area contributed by atoms with E-state index in [1.165, 1.54) is 44.1 Å². The summed E-state index contributed by atoms with van der Waals surface area (Å²) >= 11 is 0. The molecule has 0 aromatic carbocycles. The summed E-state index contributed by atoms with van der Waals surface area (Å²) < 4.78 is 0. The van der Waals surface area contributed by atoms with Crippen LogP contribution in [0.25, 0.3) is 0 Å². The Hall–Kier alpha value is -0.300. The fourth-order valence-corrected chi connectivity index (χ4v) is 2.53. The zero-order valence-corrected chi connectivity index (χ0v) is 9.81. The fraction of sp³-hybridized carbons (Fsp3) is 0.846. The van der Waals surface area contributed by atoms with Crippen molar-refractivity contribution in [2.75, 3.05) is 6.54 Å². The second kappa shape index (κ2) is 6.23. The van der Waals surface area contributed by atoms with Crippen LogP contribution in [0.4, 0.5) is 0 Å². The van der Waals surface area contributed by atoms with Crippen LogP contribution in [0.5, 0.6) is 0 Å². The zero-order valence-electron chi connectivity index (χ0n) is 9.81. The highest BCUT2D eigenvalue weighted by Crippen LogP contribution is 2.29. The molecule has 0 amide bonds. The average Bonchev–Trinajstić information content (AvgIpc) is 2.64. The average molecular weight is 195 g/mol. The highest BCUT2D eigenvalue weighted by atomic mass is 14.9. The molecule has 14 heavy (non-hydrogen) atoms. The Labute approximate surface area is 89.0 Å². The van der Waals surface area contributed by atoms with Crippen LogP contribution >= 0.6 is 0 Å². The molecule has 0 bridgehead atoms. The third-order valence-corrected chi connectivity index (χ3v) is 3.32. The zero-order chi connectivity index (χ0) is 10.4. The van der Waals surface area contributed by atoms with Crippen LogP contribution in [0.1, 0.15) is 52.4 Å². The third kappa shape index (κ3) is 3.83. The number of nitrogens with one attached hydrogen (secondary N) is 1. The molecule has 1 atom stereocenters. The van der Waals surface area contributed by atoms with E-state index in [1.807, 2.05) is 0 Å². The summed E-state index contributed by atoms with van der Waals surface area (Å²) in [5, 5.41) is 3.64. The fourth-order valence-electron chi connectivity index (χ4n) is 2.53. The summed E-state index contributed by atoms with van der Waals surface area (Å²) in [6.45, 7) is 9.44. The van der Waals surface area contributed by atoms with Gasteiger partial charge in [-0.1, -0.05) is 25.3 Å². The van der Waals surface area contributed by atoms with Crippen LogP contribution in [0, 0.1) is 5.92 Å². The lowest BCUT2D eigenvalue weighted by atomic mass is 9.93. The molecule has 0 spiro atoms. The van der Waals surface area contributed by atoms with Gasteiger partial charge in [-0.05, 0) is 45.1 Å². The van der Waals surface area contributed by atoms with Crippen LogP contribution in [0.15, 0.2) is 12.2 Å². The molecule has 0 heterocycles. The standard InChI is InChI=1S/C13H25N/c1-4-14-13(10-9-11(2)3)12-7-5-6-8-12/h12-14H,2,4-10H2,1,3H3. The van der Waals surface area contributed by atoms with Gasteiger partial charge in [0.15, 0.2) is 0 Å². The minimum Gasteiger partial charge on any atom is -0.314 e. The van der Waals surface area contributed by atoms with Crippen LogP contribution in [-0.4, -0.2) is 12.6 Å². The van der Waals surface area contributed by atoms with E-state index < -0.39 is 0 Å². The predicted octanol–water partition coefficient (Wildman–Crippen LogP) is 3.51. The normalized spacial score (nSPS) is 19.9. The Morgan fingerprint density at radius 3 is 2.57 bits per heavy atom. The summed E-state index contributed by atoms with van der Waals surface area (Å²) in [7, 11) is 0. The number of allylic oxidation sites excluding steroid dienone is 1. The molecule has 1 heteroatoms. The SMILES string of the molecule is C=C(C)CCC(NCC)C1CCCC1. The molecule has 0 saturated heterocycles. The second-order valence-corrected chi connectivity index (χ2v) is 4.70. The molecule has 0 aliphatic heterocycles. The molecule has 1 N–H and O–H groups in total. The first-order valence-electron chi connectivity index (χ1n) is 6.11. The van der Waals surface area contributed by atoms with Crippen molar-refractivity contribution >= 4 is 0 Å². The quantitative estimate of drug-likeness (QED) is 0.640. The number of hydrogen-bond donors (Lipinski definition) is 1. The molecule has 1 aliphatic rings. The molecular formula is C13H25N. The molecule has 0 aromatic rings. The summed E-state index contributed by atoms with van der Waals surface area (Å²) in [6, 6.07) is 0.749.